The van der Waals surface area contributed by atoms with Gasteiger partial charge in [0.15, 0.2) is 0 Å². The first-order chi connectivity index (χ1) is 6.81. The van der Waals surface area contributed by atoms with Crippen LogP contribution in [0.1, 0.15) is 18.7 Å². The number of aromatic amines is 1. The topological polar surface area (TPSA) is 44.9 Å². The molecule has 0 aliphatic rings. The molecule has 1 aromatic heterocycles. The van der Waals surface area contributed by atoms with E-state index in [1.54, 1.807) is 0 Å². The number of benzene rings is 1. The number of carbonyl (C=O) groups is 1. The SMILES string of the molecule is CC(NC=O)c1cc2ccccc2[nH]1. The molecule has 1 aromatic carbocycles. The zero-order chi connectivity index (χ0) is 9.97. The van der Waals surface area contributed by atoms with Crippen molar-refractivity contribution in [3.8, 4) is 0 Å². The molecule has 2 aromatic rings. The Kier molecular flexibility index (Phi) is 2.23. The Labute approximate surface area is 82.1 Å². The quantitative estimate of drug-likeness (QED) is 0.711. The summed E-state index contributed by atoms with van der Waals surface area (Å²) >= 11 is 0. The Hall–Kier alpha value is -1.77. The van der Waals surface area contributed by atoms with Gasteiger partial charge < -0.3 is 10.3 Å². The number of para-hydroxylation sites is 1. The molecule has 1 heterocycles. The highest BCUT2D eigenvalue weighted by molar-refractivity contribution is 5.80. The smallest absolute Gasteiger partial charge is 0.207 e. The number of hydrogen-bond donors (Lipinski definition) is 2. The van der Waals surface area contributed by atoms with Gasteiger partial charge in [-0.2, -0.15) is 0 Å². The first kappa shape index (κ1) is 8.81. The fourth-order valence-electron chi connectivity index (χ4n) is 1.52. The van der Waals surface area contributed by atoms with Gasteiger partial charge in [-0.1, -0.05) is 18.2 Å². The second-order valence-electron chi connectivity index (χ2n) is 3.32. The monoisotopic (exact) mass is 188 g/mol. The molecule has 0 saturated heterocycles. The summed E-state index contributed by atoms with van der Waals surface area (Å²) in [6, 6.07) is 10.1. The second kappa shape index (κ2) is 3.54. The Balaban J connectivity index is 2.39. The molecule has 2 rings (SSSR count). The third-order valence-electron chi connectivity index (χ3n) is 2.34. The fourth-order valence-corrected chi connectivity index (χ4v) is 1.52. The van der Waals surface area contributed by atoms with Crippen molar-refractivity contribution in [2.75, 3.05) is 0 Å². The van der Waals surface area contributed by atoms with E-state index in [1.165, 1.54) is 5.39 Å². The predicted octanol–water partition coefficient (Wildman–Crippen LogP) is 1.97. The molecule has 0 saturated carbocycles. The van der Waals surface area contributed by atoms with Crippen LogP contribution in [-0.2, 0) is 4.79 Å². The van der Waals surface area contributed by atoms with E-state index in [-0.39, 0.29) is 6.04 Å². The average Bonchev–Trinajstić information content (AvgIpc) is 2.61. The zero-order valence-corrected chi connectivity index (χ0v) is 7.95. The van der Waals surface area contributed by atoms with Gasteiger partial charge in [0.2, 0.25) is 6.41 Å². The number of fused-ring (bicyclic) bond motifs is 1. The van der Waals surface area contributed by atoms with Crippen LogP contribution >= 0.6 is 0 Å². The standard InChI is InChI=1S/C11H12N2O/c1-8(12-7-14)11-6-9-4-2-3-5-10(9)13-11/h2-8,13H,1H3,(H,12,14). The maximum atomic E-state index is 10.3. The molecule has 1 amide bonds. The van der Waals surface area contributed by atoms with E-state index in [1.807, 2.05) is 31.2 Å². The van der Waals surface area contributed by atoms with Crippen molar-refractivity contribution in [1.82, 2.24) is 10.3 Å². The number of amides is 1. The van der Waals surface area contributed by atoms with Crippen molar-refractivity contribution in [2.24, 2.45) is 0 Å². The third kappa shape index (κ3) is 1.48. The van der Waals surface area contributed by atoms with Crippen LogP contribution in [0.3, 0.4) is 0 Å². The molecule has 2 N–H and O–H groups in total. The molecule has 3 nitrogen and oxygen atoms in total. The summed E-state index contributed by atoms with van der Waals surface area (Å²) in [5, 5.41) is 3.88. The zero-order valence-electron chi connectivity index (χ0n) is 7.95. The Morgan fingerprint density at radius 1 is 1.43 bits per heavy atom. The summed E-state index contributed by atoms with van der Waals surface area (Å²) in [6.45, 7) is 1.94. The molecule has 0 aliphatic carbocycles. The summed E-state index contributed by atoms with van der Waals surface area (Å²) in [4.78, 5) is 13.5. The second-order valence-corrected chi connectivity index (χ2v) is 3.32. The molecule has 1 atom stereocenters. The van der Waals surface area contributed by atoms with Crippen molar-refractivity contribution < 1.29 is 4.79 Å². The molecule has 0 fully saturated rings. The normalized spacial score (nSPS) is 12.6. The van der Waals surface area contributed by atoms with E-state index in [4.69, 9.17) is 0 Å². The van der Waals surface area contributed by atoms with Crippen molar-refractivity contribution in [2.45, 2.75) is 13.0 Å². The van der Waals surface area contributed by atoms with Crippen LogP contribution in [0.25, 0.3) is 10.9 Å². The van der Waals surface area contributed by atoms with Crippen molar-refractivity contribution in [3.63, 3.8) is 0 Å². The van der Waals surface area contributed by atoms with Crippen molar-refractivity contribution >= 4 is 17.3 Å². The molecular weight excluding hydrogens is 176 g/mol. The van der Waals surface area contributed by atoms with Gasteiger partial charge in [-0.25, -0.2) is 0 Å². The average molecular weight is 188 g/mol. The summed E-state index contributed by atoms with van der Waals surface area (Å²) in [6.07, 6.45) is 0.718. The van der Waals surface area contributed by atoms with Crippen LogP contribution in [0, 0.1) is 0 Å². The summed E-state index contributed by atoms with van der Waals surface area (Å²) < 4.78 is 0. The van der Waals surface area contributed by atoms with Gasteiger partial charge in [0, 0.05) is 11.2 Å². The lowest BCUT2D eigenvalue weighted by molar-refractivity contribution is -0.110. The minimum absolute atomic E-state index is 0.0277. The first-order valence-electron chi connectivity index (χ1n) is 4.58. The molecule has 3 heteroatoms. The molecule has 1 unspecified atom stereocenters. The van der Waals surface area contributed by atoms with E-state index in [9.17, 15) is 4.79 Å². The molecule has 72 valence electrons. The summed E-state index contributed by atoms with van der Waals surface area (Å²) in [7, 11) is 0. The van der Waals surface area contributed by atoms with E-state index >= 15 is 0 Å². The highest BCUT2D eigenvalue weighted by Gasteiger charge is 2.06. The van der Waals surface area contributed by atoms with Crippen LogP contribution in [-0.4, -0.2) is 11.4 Å². The lowest BCUT2D eigenvalue weighted by atomic mass is 10.2. The van der Waals surface area contributed by atoms with Gasteiger partial charge >= 0.3 is 0 Å². The number of rotatable bonds is 3. The largest absolute Gasteiger partial charge is 0.357 e. The maximum absolute atomic E-state index is 10.3. The van der Waals surface area contributed by atoms with Crippen LogP contribution in [0.5, 0.6) is 0 Å². The van der Waals surface area contributed by atoms with Gasteiger partial charge in [0.05, 0.1) is 6.04 Å². The van der Waals surface area contributed by atoms with Gasteiger partial charge in [-0.3, -0.25) is 4.79 Å². The lowest BCUT2D eigenvalue weighted by Gasteiger charge is -2.06. The minimum Gasteiger partial charge on any atom is -0.357 e. The van der Waals surface area contributed by atoms with Gasteiger partial charge in [-0.15, -0.1) is 0 Å². The van der Waals surface area contributed by atoms with Crippen molar-refractivity contribution in [3.05, 3.63) is 36.0 Å². The summed E-state index contributed by atoms with van der Waals surface area (Å²) in [5.74, 6) is 0. The molecule has 14 heavy (non-hydrogen) atoms. The Morgan fingerprint density at radius 2 is 2.21 bits per heavy atom. The number of aromatic nitrogens is 1. The van der Waals surface area contributed by atoms with Crippen LogP contribution in [0.2, 0.25) is 0 Å². The van der Waals surface area contributed by atoms with Crippen LogP contribution < -0.4 is 5.32 Å². The molecule has 0 aliphatic heterocycles. The van der Waals surface area contributed by atoms with Crippen molar-refractivity contribution in [1.29, 1.82) is 0 Å². The van der Waals surface area contributed by atoms with Gasteiger partial charge in [0.25, 0.3) is 0 Å². The molecule has 0 bridgehead atoms. The van der Waals surface area contributed by atoms with E-state index in [2.05, 4.69) is 16.4 Å². The number of hydrogen-bond acceptors (Lipinski definition) is 1. The predicted molar refractivity (Wildman–Crippen MR) is 55.9 cm³/mol. The number of H-pyrrole nitrogens is 1. The van der Waals surface area contributed by atoms with Crippen LogP contribution in [0.4, 0.5) is 0 Å². The van der Waals surface area contributed by atoms with E-state index in [0.29, 0.717) is 0 Å². The first-order valence-corrected chi connectivity index (χ1v) is 4.58. The van der Waals surface area contributed by atoms with Crippen LogP contribution in [0.15, 0.2) is 30.3 Å². The highest BCUT2D eigenvalue weighted by Crippen LogP contribution is 2.18. The fraction of sp³-hybridized carbons (Fsp3) is 0.182. The Bertz CT molecular complexity index is 414. The highest BCUT2D eigenvalue weighted by atomic mass is 16.1. The molecule has 0 spiro atoms. The Morgan fingerprint density at radius 3 is 2.93 bits per heavy atom. The number of nitrogens with one attached hydrogen (secondary N) is 2. The number of carbonyl (C=O) groups excluding carboxylic acids is 1. The third-order valence-corrected chi connectivity index (χ3v) is 2.34. The lowest BCUT2D eigenvalue weighted by Crippen LogP contribution is -2.16. The van der Waals surface area contributed by atoms with E-state index in [0.717, 1.165) is 17.6 Å². The van der Waals surface area contributed by atoms with Gasteiger partial charge in [0.1, 0.15) is 0 Å². The molecular formula is C11H12N2O. The summed E-state index contributed by atoms with van der Waals surface area (Å²) in [5.41, 5.74) is 2.13. The maximum Gasteiger partial charge on any atom is 0.207 e. The minimum atomic E-state index is 0.0277. The van der Waals surface area contributed by atoms with Gasteiger partial charge in [-0.05, 0) is 24.4 Å². The molecule has 0 radical (unpaired) electrons. The van der Waals surface area contributed by atoms with E-state index < -0.39 is 0 Å².